The van der Waals surface area contributed by atoms with Crippen LogP contribution in [0.4, 0.5) is 4.39 Å². The van der Waals surface area contributed by atoms with Gasteiger partial charge in [-0.1, -0.05) is 41.9 Å². The van der Waals surface area contributed by atoms with Crippen molar-refractivity contribution in [3.8, 4) is 22.5 Å². The largest absolute Gasteiger partial charge is 0.301 e. The third-order valence-corrected chi connectivity index (χ3v) is 5.96. The maximum Gasteiger partial charge on any atom is 0.182 e. The van der Waals surface area contributed by atoms with E-state index in [4.69, 9.17) is 16.7 Å². The van der Waals surface area contributed by atoms with Gasteiger partial charge in [-0.15, -0.1) is 10.2 Å². The zero-order valence-corrected chi connectivity index (χ0v) is 17.2. The number of likely N-dealkylation sites (tertiary alicyclic amines) is 1. The Morgan fingerprint density at radius 1 is 0.833 bits per heavy atom. The molecule has 0 radical (unpaired) electrons. The van der Waals surface area contributed by atoms with Gasteiger partial charge in [0.1, 0.15) is 17.2 Å². The van der Waals surface area contributed by atoms with Crippen LogP contribution in [-0.2, 0) is 6.54 Å². The highest BCUT2D eigenvalue weighted by Gasteiger charge is 2.21. The molecule has 30 heavy (non-hydrogen) atoms. The lowest BCUT2D eigenvalue weighted by Gasteiger charge is -2.14. The normalized spacial score (nSPS) is 14.6. The summed E-state index contributed by atoms with van der Waals surface area (Å²) in [6.07, 6.45) is 2.49. The van der Waals surface area contributed by atoms with Crippen LogP contribution in [0.3, 0.4) is 0 Å². The van der Waals surface area contributed by atoms with E-state index in [1.54, 1.807) is 12.1 Å². The zero-order valence-electron chi connectivity index (χ0n) is 16.4. The molecular weight excluding hydrogens is 401 g/mol. The molecule has 1 saturated heterocycles. The SMILES string of the molecule is Fc1ccc(-c2nn(CCN3CCCC3)c3nnc(-c4ccccc4)c(Cl)c23)cc1. The molecule has 2 aromatic carbocycles. The lowest BCUT2D eigenvalue weighted by atomic mass is 10.1. The molecule has 0 spiro atoms. The summed E-state index contributed by atoms with van der Waals surface area (Å²) in [7, 11) is 0. The van der Waals surface area contributed by atoms with Crippen molar-refractivity contribution in [2.45, 2.75) is 19.4 Å². The fraction of sp³-hybridized carbons (Fsp3) is 0.261. The van der Waals surface area contributed by atoms with Gasteiger partial charge in [-0.05, 0) is 50.2 Å². The predicted molar refractivity (Wildman–Crippen MR) is 117 cm³/mol. The molecule has 4 aromatic rings. The summed E-state index contributed by atoms with van der Waals surface area (Å²) in [5, 5.41) is 15.0. The molecule has 0 saturated carbocycles. The Bertz CT molecular complexity index is 1170. The van der Waals surface area contributed by atoms with Crippen LogP contribution in [0.2, 0.25) is 5.02 Å². The van der Waals surface area contributed by atoms with E-state index in [-0.39, 0.29) is 5.82 Å². The summed E-state index contributed by atoms with van der Waals surface area (Å²) >= 11 is 6.86. The third-order valence-electron chi connectivity index (χ3n) is 5.59. The van der Waals surface area contributed by atoms with Crippen LogP contribution >= 0.6 is 11.6 Å². The van der Waals surface area contributed by atoms with Gasteiger partial charge in [0.2, 0.25) is 0 Å². The van der Waals surface area contributed by atoms with Gasteiger partial charge in [0.05, 0.1) is 17.0 Å². The van der Waals surface area contributed by atoms with Crippen LogP contribution in [0.15, 0.2) is 54.6 Å². The second-order valence-electron chi connectivity index (χ2n) is 7.55. The van der Waals surface area contributed by atoms with Crippen LogP contribution in [0.25, 0.3) is 33.5 Å². The van der Waals surface area contributed by atoms with Crippen LogP contribution in [0.1, 0.15) is 12.8 Å². The van der Waals surface area contributed by atoms with Crippen LogP contribution in [0.5, 0.6) is 0 Å². The van der Waals surface area contributed by atoms with Crippen molar-refractivity contribution >= 4 is 22.6 Å². The molecule has 0 amide bonds. The standard InChI is InChI=1S/C23H21ClFN5/c24-20-19-21(17-8-10-18(25)11-9-17)28-30(15-14-29-12-4-5-13-29)23(19)27-26-22(20)16-6-2-1-3-7-16/h1-3,6-11H,4-5,12-15H2. The summed E-state index contributed by atoms with van der Waals surface area (Å²) in [6.45, 7) is 3.84. The first-order chi connectivity index (χ1) is 14.7. The first kappa shape index (κ1) is 19.2. The molecular formula is C23H21ClFN5. The number of halogens is 2. The van der Waals surface area contributed by atoms with Crippen molar-refractivity contribution in [3.63, 3.8) is 0 Å². The zero-order chi connectivity index (χ0) is 20.5. The van der Waals surface area contributed by atoms with E-state index >= 15 is 0 Å². The number of hydrogen-bond acceptors (Lipinski definition) is 4. The van der Waals surface area contributed by atoms with Gasteiger partial charge in [-0.3, -0.25) is 0 Å². The molecule has 152 valence electrons. The Kier molecular flexibility index (Phi) is 5.19. The fourth-order valence-corrected chi connectivity index (χ4v) is 4.33. The Morgan fingerprint density at radius 3 is 2.27 bits per heavy atom. The van der Waals surface area contributed by atoms with Crippen molar-refractivity contribution in [1.82, 2.24) is 24.9 Å². The van der Waals surface area contributed by atoms with E-state index in [0.717, 1.165) is 36.1 Å². The molecule has 7 heteroatoms. The predicted octanol–water partition coefficient (Wildman–Crippen LogP) is 5.05. The quantitative estimate of drug-likeness (QED) is 0.452. The second kappa shape index (κ2) is 8.13. The average Bonchev–Trinajstić information content (AvgIpc) is 3.42. The lowest BCUT2D eigenvalue weighted by molar-refractivity contribution is 0.318. The van der Waals surface area contributed by atoms with E-state index in [1.165, 1.54) is 25.0 Å². The Labute approximate surface area is 179 Å². The summed E-state index contributed by atoms with van der Waals surface area (Å²) in [5.41, 5.74) is 3.66. The molecule has 1 fully saturated rings. The van der Waals surface area contributed by atoms with E-state index in [1.807, 2.05) is 35.0 Å². The van der Waals surface area contributed by atoms with Gasteiger partial charge < -0.3 is 4.90 Å². The maximum absolute atomic E-state index is 13.5. The van der Waals surface area contributed by atoms with E-state index in [2.05, 4.69) is 15.1 Å². The lowest BCUT2D eigenvalue weighted by Crippen LogP contribution is -2.24. The van der Waals surface area contributed by atoms with Crippen molar-refractivity contribution in [3.05, 3.63) is 65.4 Å². The summed E-state index contributed by atoms with van der Waals surface area (Å²) in [4.78, 5) is 2.43. The highest BCUT2D eigenvalue weighted by atomic mass is 35.5. The van der Waals surface area contributed by atoms with E-state index in [9.17, 15) is 4.39 Å². The summed E-state index contributed by atoms with van der Waals surface area (Å²) in [6, 6.07) is 16.1. The molecule has 5 rings (SSSR count). The molecule has 0 bridgehead atoms. The molecule has 0 unspecified atom stereocenters. The minimum atomic E-state index is -0.285. The average molecular weight is 422 g/mol. The fourth-order valence-electron chi connectivity index (χ4n) is 4.01. The highest BCUT2D eigenvalue weighted by molar-refractivity contribution is 6.38. The minimum absolute atomic E-state index is 0.285. The van der Waals surface area contributed by atoms with Crippen molar-refractivity contribution in [1.29, 1.82) is 0 Å². The third kappa shape index (κ3) is 3.57. The van der Waals surface area contributed by atoms with Gasteiger partial charge >= 0.3 is 0 Å². The molecule has 2 aromatic heterocycles. The van der Waals surface area contributed by atoms with Gasteiger partial charge in [-0.25, -0.2) is 9.07 Å². The monoisotopic (exact) mass is 421 g/mol. The van der Waals surface area contributed by atoms with Gasteiger partial charge in [0, 0.05) is 17.7 Å². The Morgan fingerprint density at radius 2 is 1.53 bits per heavy atom. The first-order valence-electron chi connectivity index (χ1n) is 10.2. The number of fused-ring (bicyclic) bond motifs is 1. The number of hydrogen-bond donors (Lipinski definition) is 0. The maximum atomic E-state index is 13.5. The van der Waals surface area contributed by atoms with Gasteiger partial charge in [0.25, 0.3) is 0 Å². The molecule has 1 aliphatic heterocycles. The van der Waals surface area contributed by atoms with Crippen LogP contribution < -0.4 is 0 Å². The smallest absolute Gasteiger partial charge is 0.182 e. The highest BCUT2D eigenvalue weighted by Crippen LogP contribution is 2.37. The Hall–Kier alpha value is -2.83. The van der Waals surface area contributed by atoms with E-state index in [0.29, 0.717) is 28.6 Å². The number of nitrogens with zero attached hydrogens (tertiary/aromatic N) is 5. The van der Waals surface area contributed by atoms with Gasteiger partial charge in [-0.2, -0.15) is 5.10 Å². The number of rotatable bonds is 5. The summed E-state index contributed by atoms with van der Waals surface area (Å²) < 4.78 is 15.4. The van der Waals surface area contributed by atoms with Crippen molar-refractivity contribution in [2.24, 2.45) is 0 Å². The Balaban J connectivity index is 1.64. The molecule has 0 aliphatic carbocycles. The molecule has 5 nitrogen and oxygen atoms in total. The van der Waals surface area contributed by atoms with E-state index < -0.39 is 0 Å². The second-order valence-corrected chi connectivity index (χ2v) is 7.93. The van der Waals surface area contributed by atoms with Crippen LogP contribution in [-0.4, -0.2) is 44.5 Å². The molecule has 0 atom stereocenters. The first-order valence-corrected chi connectivity index (χ1v) is 10.5. The van der Waals surface area contributed by atoms with Crippen molar-refractivity contribution < 1.29 is 4.39 Å². The summed E-state index contributed by atoms with van der Waals surface area (Å²) in [5.74, 6) is -0.285. The molecule has 3 heterocycles. The molecule has 1 aliphatic rings. The molecule has 0 N–H and O–H groups in total. The number of aromatic nitrogens is 4. The number of benzene rings is 2. The van der Waals surface area contributed by atoms with Crippen LogP contribution in [0, 0.1) is 5.82 Å². The van der Waals surface area contributed by atoms with Crippen molar-refractivity contribution in [2.75, 3.05) is 19.6 Å². The topological polar surface area (TPSA) is 46.8 Å². The minimum Gasteiger partial charge on any atom is -0.301 e. The van der Waals surface area contributed by atoms with Gasteiger partial charge in [0.15, 0.2) is 5.65 Å².